The molecule has 3 rings (SSSR count). The summed E-state index contributed by atoms with van der Waals surface area (Å²) >= 11 is 1.06. The van der Waals surface area contributed by atoms with Crippen molar-refractivity contribution < 1.29 is 27.6 Å². The molecule has 11 nitrogen and oxygen atoms in total. The Morgan fingerprint density at radius 3 is 2.23 bits per heavy atom. The fourth-order valence-electron chi connectivity index (χ4n) is 3.76. The van der Waals surface area contributed by atoms with Crippen LogP contribution < -0.4 is 14.8 Å². The summed E-state index contributed by atoms with van der Waals surface area (Å²) in [6.45, 7) is 7.24. The van der Waals surface area contributed by atoms with Crippen LogP contribution in [0.15, 0.2) is 35.2 Å². The van der Waals surface area contributed by atoms with E-state index in [1.165, 1.54) is 36.7 Å². The normalized spacial score (nSPS) is 11.9. The number of carbonyl (C=O) groups is 1. The van der Waals surface area contributed by atoms with Gasteiger partial charge in [0.05, 0.1) is 40.3 Å². The quantitative estimate of drug-likeness (QED) is 0.324. The summed E-state index contributed by atoms with van der Waals surface area (Å²) in [6, 6.07) is 6.41. The molecule has 1 heterocycles. The van der Waals surface area contributed by atoms with Crippen LogP contribution in [0.5, 0.6) is 11.5 Å². The molecule has 0 aliphatic carbocycles. The summed E-state index contributed by atoms with van der Waals surface area (Å²) in [6.07, 6.45) is 0. The molecule has 1 N–H and O–H groups in total. The summed E-state index contributed by atoms with van der Waals surface area (Å²) in [4.78, 5) is 28.2. The highest BCUT2D eigenvalue weighted by atomic mass is 32.2. The fraction of sp³-hybridized carbons (Fsp3) is 0.364. The molecule has 0 spiro atoms. The van der Waals surface area contributed by atoms with Crippen LogP contribution in [0.3, 0.4) is 0 Å². The molecular formula is C22H26N4O7S2. The first-order chi connectivity index (χ1) is 16.4. The van der Waals surface area contributed by atoms with Crippen molar-refractivity contribution in [3.05, 3.63) is 46.0 Å². The molecule has 0 saturated heterocycles. The van der Waals surface area contributed by atoms with Crippen molar-refractivity contribution in [2.24, 2.45) is 0 Å². The van der Waals surface area contributed by atoms with E-state index in [9.17, 15) is 23.3 Å². The highest BCUT2D eigenvalue weighted by Crippen LogP contribution is 2.36. The molecule has 3 aromatic rings. The summed E-state index contributed by atoms with van der Waals surface area (Å²) in [5.74, 6) is -0.501. The summed E-state index contributed by atoms with van der Waals surface area (Å²) in [5.41, 5.74) is -0.219. The lowest BCUT2D eigenvalue weighted by atomic mass is 10.1. The lowest BCUT2D eigenvalue weighted by Gasteiger charge is -2.29. The summed E-state index contributed by atoms with van der Waals surface area (Å²) < 4.78 is 38.6. The number of fused-ring (bicyclic) bond motifs is 1. The number of aromatic nitrogens is 1. The highest BCUT2D eigenvalue weighted by molar-refractivity contribution is 7.89. The van der Waals surface area contributed by atoms with E-state index in [1.54, 1.807) is 6.07 Å². The Labute approximate surface area is 206 Å². The predicted octanol–water partition coefficient (Wildman–Crippen LogP) is 4.28. The van der Waals surface area contributed by atoms with Gasteiger partial charge in [0.25, 0.3) is 11.6 Å². The van der Waals surface area contributed by atoms with E-state index < -0.39 is 26.5 Å². The van der Waals surface area contributed by atoms with E-state index in [2.05, 4.69) is 10.3 Å². The largest absolute Gasteiger partial charge is 0.493 e. The summed E-state index contributed by atoms with van der Waals surface area (Å²) in [5, 5.41) is 14.2. The SMILES string of the molecule is COc1cc(C(=O)Nc2nc3ccc(S(=O)(=O)N(C(C)C)C(C)C)cc3s2)c([N+](=O)[O-])cc1OC. The maximum absolute atomic E-state index is 13.2. The Morgan fingerprint density at radius 1 is 1.09 bits per heavy atom. The molecule has 0 bridgehead atoms. The third-order valence-electron chi connectivity index (χ3n) is 5.12. The minimum absolute atomic E-state index is 0.112. The minimum Gasteiger partial charge on any atom is -0.493 e. The van der Waals surface area contributed by atoms with E-state index >= 15 is 0 Å². The molecule has 1 aromatic heterocycles. The van der Waals surface area contributed by atoms with Crippen LogP contribution in [0.1, 0.15) is 38.1 Å². The van der Waals surface area contributed by atoms with Crippen molar-refractivity contribution in [2.45, 2.75) is 44.7 Å². The van der Waals surface area contributed by atoms with Gasteiger partial charge in [-0.1, -0.05) is 11.3 Å². The molecule has 0 saturated carbocycles. The monoisotopic (exact) mass is 522 g/mol. The molecule has 13 heteroatoms. The standard InChI is InChI=1S/C22H26N4O7S2/c1-12(2)25(13(3)4)35(30,31)14-7-8-16-20(9-14)34-22(23-16)24-21(27)15-10-18(32-5)19(33-6)11-17(15)26(28)29/h7-13H,1-6H3,(H,23,24,27). The first-order valence-electron chi connectivity index (χ1n) is 10.6. The Hall–Kier alpha value is -3.29. The van der Waals surface area contributed by atoms with Gasteiger partial charge in [-0.3, -0.25) is 20.2 Å². The number of amides is 1. The van der Waals surface area contributed by atoms with Gasteiger partial charge < -0.3 is 9.47 Å². The highest BCUT2D eigenvalue weighted by Gasteiger charge is 2.30. The van der Waals surface area contributed by atoms with Crippen LogP contribution in [-0.2, 0) is 10.0 Å². The number of hydrogen-bond acceptors (Lipinski definition) is 9. The topological polar surface area (TPSA) is 141 Å². The third kappa shape index (κ3) is 5.21. The van der Waals surface area contributed by atoms with Crippen LogP contribution in [-0.4, -0.2) is 54.8 Å². The van der Waals surface area contributed by atoms with Crippen LogP contribution in [0.4, 0.5) is 10.8 Å². The first-order valence-corrected chi connectivity index (χ1v) is 12.8. The Balaban J connectivity index is 1.97. The molecule has 0 unspecified atom stereocenters. The van der Waals surface area contributed by atoms with Gasteiger partial charge in [-0.25, -0.2) is 13.4 Å². The van der Waals surface area contributed by atoms with Crippen molar-refractivity contribution in [1.29, 1.82) is 0 Å². The molecule has 0 fully saturated rings. The number of benzene rings is 2. The number of anilines is 1. The van der Waals surface area contributed by atoms with Gasteiger partial charge >= 0.3 is 0 Å². The zero-order valence-electron chi connectivity index (χ0n) is 20.1. The average molecular weight is 523 g/mol. The smallest absolute Gasteiger partial charge is 0.286 e. The molecule has 1 amide bonds. The third-order valence-corrected chi connectivity index (χ3v) is 8.30. The lowest BCUT2D eigenvalue weighted by Crippen LogP contribution is -2.41. The number of carbonyl (C=O) groups excluding carboxylic acids is 1. The van der Waals surface area contributed by atoms with E-state index in [0.29, 0.717) is 10.2 Å². The van der Waals surface area contributed by atoms with Crippen molar-refractivity contribution in [3.63, 3.8) is 0 Å². The Kier molecular flexibility index (Phi) is 7.62. The van der Waals surface area contributed by atoms with E-state index in [4.69, 9.17) is 9.47 Å². The zero-order valence-corrected chi connectivity index (χ0v) is 21.7. The second-order valence-corrected chi connectivity index (χ2v) is 11.0. The van der Waals surface area contributed by atoms with Crippen LogP contribution in [0.25, 0.3) is 10.2 Å². The Morgan fingerprint density at radius 2 is 1.69 bits per heavy atom. The maximum Gasteiger partial charge on any atom is 0.286 e. The van der Waals surface area contributed by atoms with E-state index in [1.807, 2.05) is 27.7 Å². The number of nitro benzene ring substituents is 1. The zero-order chi connectivity index (χ0) is 26.1. The maximum atomic E-state index is 13.2. The van der Waals surface area contributed by atoms with Gasteiger partial charge in [0.15, 0.2) is 16.6 Å². The van der Waals surface area contributed by atoms with Crippen LogP contribution >= 0.6 is 11.3 Å². The van der Waals surface area contributed by atoms with Gasteiger partial charge in [0.2, 0.25) is 10.0 Å². The molecule has 188 valence electrons. The van der Waals surface area contributed by atoms with Gasteiger partial charge in [0, 0.05) is 18.2 Å². The Bertz CT molecular complexity index is 1380. The van der Waals surface area contributed by atoms with Gasteiger partial charge in [-0.2, -0.15) is 4.31 Å². The predicted molar refractivity (Wildman–Crippen MR) is 133 cm³/mol. The molecule has 0 aliphatic rings. The van der Waals surface area contributed by atoms with Crippen LogP contribution in [0.2, 0.25) is 0 Å². The number of nitrogens with one attached hydrogen (secondary N) is 1. The van der Waals surface area contributed by atoms with Gasteiger partial charge in [0.1, 0.15) is 5.56 Å². The van der Waals surface area contributed by atoms with Crippen molar-refractivity contribution in [3.8, 4) is 11.5 Å². The van der Waals surface area contributed by atoms with E-state index in [0.717, 1.165) is 17.4 Å². The molecule has 2 aromatic carbocycles. The van der Waals surface area contributed by atoms with Crippen molar-refractivity contribution in [1.82, 2.24) is 9.29 Å². The number of hydrogen-bond donors (Lipinski definition) is 1. The van der Waals surface area contributed by atoms with Crippen molar-refractivity contribution >= 4 is 48.3 Å². The molecular weight excluding hydrogens is 496 g/mol. The molecule has 35 heavy (non-hydrogen) atoms. The number of sulfonamides is 1. The first kappa shape index (κ1) is 26.3. The average Bonchev–Trinajstić information content (AvgIpc) is 3.18. The molecule has 0 radical (unpaired) electrons. The second kappa shape index (κ2) is 10.1. The minimum atomic E-state index is -3.75. The van der Waals surface area contributed by atoms with Crippen molar-refractivity contribution in [2.75, 3.05) is 19.5 Å². The number of ether oxygens (including phenoxy) is 2. The number of methoxy groups -OCH3 is 2. The number of nitro groups is 1. The van der Waals surface area contributed by atoms with Crippen LogP contribution in [0, 0.1) is 10.1 Å². The number of rotatable bonds is 9. The number of nitrogens with zero attached hydrogens (tertiary/aromatic N) is 3. The van der Waals surface area contributed by atoms with Gasteiger partial charge in [-0.15, -0.1) is 0 Å². The lowest BCUT2D eigenvalue weighted by molar-refractivity contribution is -0.385. The molecule has 0 aliphatic heterocycles. The van der Waals surface area contributed by atoms with E-state index in [-0.39, 0.29) is 39.2 Å². The fourth-order valence-corrected chi connectivity index (χ4v) is 6.59. The van der Waals surface area contributed by atoms with Gasteiger partial charge in [-0.05, 0) is 45.9 Å². The number of thiazole rings is 1. The summed E-state index contributed by atoms with van der Waals surface area (Å²) in [7, 11) is -1.07. The second-order valence-electron chi connectivity index (χ2n) is 8.11. The molecule has 0 atom stereocenters.